The second-order valence-corrected chi connectivity index (χ2v) is 5.54. The summed E-state index contributed by atoms with van der Waals surface area (Å²) in [6.07, 6.45) is 0. The second kappa shape index (κ2) is 7.06. The number of ether oxygens (including phenoxy) is 1. The molecule has 1 heterocycles. The predicted octanol–water partition coefficient (Wildman–Crippen LogP) is 3.06. The lowest BCUT2D eigenvalue weighted by Crippen LogP contribution is -2.28. The zero-order chi connectivity index (χ0) is 13.7. The van der Waals surface area contributed by atoms with Crippen molar-refractivity contribution in [2.75, 3.05) is 18.9 Å². The maximum Gasteiger partial charge on any atom is 0.234 e. The van der Waals surface area contributed by atoms with Gasteiger partial charge in [0.2, 0.25) is 5.91 Å². The highest BCUT2D eigenvalue weighted by Crippen LogP contribution is 2.42. The normalized spacial score (nSPS) is 18.1. The third-order valence-corrected chi connectivity index (χ3v) is 4.39. The van der Waals surface area contributed by atoms with Gasteiger partial charge in [0.25, 0.3) is 0 Å². The van der Waals surface area contributed by atoms with Gasteiger partial charge in [-0.15, -0.1) is 11.8 Å². The van der Waals surface area contributed by atoms with Crippen LogP contribution in [-0.2, 0) is 4.79 Å². The van der Waals surface area contributed by atoms with Crippen LogP contribution in [0.5, 0.6) is 5.75 Å². The molecule has 0 bridgehead atoms. The minimum atomic E-state index is 0.00694. The Morgan fingerprint density at radius 2 is 2.32 bits per heavy atom. The summed E-state index contributed by atoms with van der Waals surface area (Å²) in [6, 6.07) is 7.89. The number of hydrogen-bond acceptors (Lipinski definition) is 3. The molecular weight excluding hydrogens is 373 g/mol. The van der Waals surface area contributed by atoms with Crippen LogP contribution in [0.3, 0.4) is 0 Å². The fraction of sp³-hybridized carbons (Fsp3) is 0.357. The van der Waals surface area contributed by atoms with Crippen molar-refractivity contribution in [1.29, 1.82) is 0 Å². The van der Waals surface area contributed by atoms with Gasteiger partial charge in [-0.2, -0.15) is 0 Å². The molecule has 1 fully saturated rings. The number of hydrogen-bond donors (Lipinski definition) is 0. The lowest BCUT2D eigenvalue weighted by molar-refractivity contribution is -0.127. The second-order valence-electron chi connectivity index (χ2n) is 3.93. The number of para-hydroxylation sites is 1. The maximum absolute atomic E-state index is 11.9. The number of nitrogens with zero attached hydrogens (tertiary/aromatic N) is 1. The molecule has 3 nitrogen and oxygen atoms in total. The highest BCUT2D eigenvalue weighted by Gasteiger charge is 2.33. The SMILES string of the molecule is CCOc1ccccc1C1SCC(=O)N1CC#CI. The summed E-state index contributed by atoms with van der Waals surface area (Å²) in [5.74, 6) is 4.46. The summed E-state index contributed by atoms with van der Waals surface area (Å²) in [5.41, 5.74) is 1.05. The van der Waals surface area contributed by atoms with Gasteiger partial charge in [-0.1, -0.05) is 24.1 Å². The van der Waals surface area contributed by atoms with Gasteiger partial charge in [0.05, 0.1) is 18.9 Å². The lowest BCUT2D eigenvalue weighted by atomic mass is 10.2. The van der Waals surface area contributed by atoms with E-state index < -0.39 is 0 Å². The molecule has 1 aromatic carbocycles. The quantitative estimate of drug-likeness (QED) is 0.588. The molecule has 0 radical (unpaired) electrons. The fourth-order valence-electron chi connectivity index (χ4n) is 1.97. The number of thioether (sulfide) groups is 1. The molecule has 100 valence electrons. The Kier molecular flexibility index (Phi) is 5.40. The summed E-state index contributed by atoms with van der Waals surface area (Å²) in [5, 5.41) is 0.00694. The van der Waals surface area contributed by atoms with Crippen LogP contribution in [-0.4, -0.2) is 29.7 Å². The van der Waals surface area contributed by atoms with Crippen LogP contribution in [0.4, 0.5) is 0 Å². The summed E-state index contributed by atoms with van der Waals surface area (Å²) in [4.78, 5) is 13.7. The molecule has 0 aromatic heterocycles. The third kappa shape index (κ3) is 3.37. The van der Waals surface area contributed by atoms with Gasteiger partial charge in [0, 0.05) is 28.2 Å². The van der Waals surface area contributed by atoms with Crippen molar-refractivity contribution in [3.63, 3.8) is 0 Å². The van der Waals surface area contributed by atoms with Gasteiger partial charge in [-0.3, -0.25) is 4.79 Å². The highest BCUT2D eigenvalue weighted by atomic mass is 127. The van der Waals surface area contributed by atoms with Crippen LogP contribution >= 0.6 is 34.4 Å². The summed E-state index contributed by atoms with van der Waals surface area (Å²) in [7, 11) is 0. The van der Waals surface area contributed by atoms with E-state index in [2.05, 4.69) is 9.85 Å². The van der Waals surface area contributed by atoms with E-state index >= 15 is 0 Å². The smallest absolute Gasteiger partial charge is 0.234 e. The van der Waals surface area contributed by atoms with Crippen LogP contribution in [0.15, 0.2) is 24.3 Å². The van der Waals surface area contributed by atoms with E-state index in [0.717, 1.165) is 11.3 Å². The van der Waals surface area contributed by atoms with E-state index in [1.807, 2.05) is 58.7 Å². The van der Waals surface area contributed by atoms with Gasteiger partial charge >= 0.3 is 0 Å². The molecule has 0 N–H and O–H groups in total. The molecule has 1 aliphatic heterocycles. The van der Waals surface area contributed by atoms with Crippen molar-refractivity contribution >= 4 is 40.3 Å². The number of benzene rings is 1. The Labute approximate surface area is 131 Å². The van der Waals surface area contributed by atoms with E-state index in [0.29, 0.717) is 18.9 Å². The van der Waals surface area contributed by atoms with Gasteiger partial charge in [0.15, 0.2) is 0 Å². The van der Waals surface area contributed by atoms with Crippen LogP contribution in [0.25, 0.3) is 0 Å². The Hall–Kier alpha value is -0.870. The zero-order valence-electron chi connectivity index (χ0n) is 10.6. The van der Waals surface area contributed by atoms with E-state index in [1.54, 1.807) is 11.8 Å². The van der Waals surface area contributed by atoms with Crippen molar-refractivity contribution in [1.82, 2.24) is 4.90 Å². The minimum absolute atomic E-state index is 0.00694. The average Bonchev–Trinajstić information content (AvgIpc) is 2.79. The topological polar surface area (TPSA) is 29.5 Å². The van der Waals surface area contributed by atoms with Crippen molar-refractivity contribution in [2.24, 2.45) is 0 Å². The molecule has 1 saturated heterocycles. The van der Waals surface area contributed by atoms with E-state index in [4.69, 9.17) is 4.74 Å². The first-order chi connectivity index (χ1) is 9.27. The van der Waals surface area contributed by atoms with Crippen LogP contribution in [0.1, 0.15) is 17.9 Å². The lowest BCUT2D eigenvalue weighted by Gasteiger charge is -2.23. The van der Waals surface area contributed by atoms with Gasteiger partial charge < -0.3 is 9.64 Å². The summed E-state index contributed by atoms with van der Waals surface area (Å²) < 4.78 is 8.46. The van der Waals surface area contributed by atoms with Crippen molar-refractivity contribution in [2.45, 2.75) is 12.3 Å². The molecule has 19 heavy (non-hydrogen) atoms. The molecule has 0 aliphatic carbocycles. The maximum atomic E-state index is 11.9. The average molecular weight is 387 g/mol. The van der Waals surface area contributed by atoms with Gasteiger partial charge in [0.1, 0.15) is 11.1 Å². The summed E-state index contributed by atoms with van der Waals surface area (Å²) >= 11 is 3.62. The molecule has 0 saturated carbocycles. The summed E-state index contributed by atoms with van der Waals surface area (Å²) in [6.45, 7) is 3.05. The first kappa shape index (κ1) is 14.5. The molecular formula is C14H14INO2S. The molecule has 1 aliphatic rings. The number of amides is 1. The molecule has 1 aromatic rings. The van der Waals surface area contributed by atoms with E-state index in [-0.39, 0.29) is 11.3 Å². The highest BCUT2D eigenvalue weighted by molar-refractivity contribution is 14.1. The molecule has 0 spiro atoms. The van der Waals surface area contributed by atoms with Crippen LogP contribution in [0.2, 0.25) is 0 Å². The number of carbonyl (C=O) groups excluding carboxylic acids is 1. The zero-order valence-corrected chi connectivity index (χ0v) is 13.5. The van der Waals surface area contributed by atoms with Crippen molar-refractivity contribution < 1.29 is 9.53 Å². The standard InChI is InChI=1S/C14H14INO2S/c1-2-18-12-7-4-3-6-11(12)14-16(9-5-8-15)13(17)10-19-14/h3-4,6-7,14H,2,9-10H2,1H3. The van der Waals surface area contributed by atoms with Crippen molar-refractivity contribution in [3.8, 4) is 15.6 Å². The van der Waals surface area contributed by atoms with Crippen LogP contribution < -0.4 is 4.74 Å². The number of halogens is 1. The predicted molar refractivity (Wildman–Crippen MR) is 86.3 cm³/mol. The molecule has 5 heteroatoms. The Morgan fingerprint density at radius 1 is 1.53 bits per heavy atom. The Bertz CT molecular complexity index is 524. The van der Waals surface area contributed by atoms with Crippen LogP contribution in [0, 0.1) is 9.85 Å². The first-order valence-corrected chi connectivity index (χ1v) is 8.12. The largest absolute Gasteiger partial charge is 0.493 e. The number of rotatable bonds is 4. The Balaban J connectivity index is 2.28. The molecule has 1 amide bonds. The first-order valence-electron chi connectivity index (χ1n) is 5.99. The molecule has 2 rings (SSSR count). The molecule has 1 unspecified atom stereocenters. The minimum Gasteiger partial charge on any atom is -0.493 e. The van der Waals surface area contributed by atoms with Gasteiger partial charge in [-0.05, 0) is 16.9 Å². The monoisotopic (exact) mass is 387 g/mol. The fourth-order valence-corrected chi connectivity index (χ4v) is 3.35. The van der Waals surface area contributed by atoms with E-state index in [1.165, 1.54) is 0 Å². The van der Waals surface area contributed by atoms with Crippen molar-refractivity contribution in [3.05, 3.63) is 29.8 Å². The number of carbonyl (C=O) groups is 1. The van der Waals surface area contributed by atoms with Gasteiger partial charge in [-0.25, -0.2) is 0 Å². The Morgan fingerprint density at radius 3 is 3.05 bits per heavy atom. The third-order valence-electron chi connectivity index (χ3n) is 2.77. The van der Waals surface area contributed by atoms with E-state index in [9.17, 15) is 4.79 Å². The molecule has 1 atom stereocenters.